The largest absolute Gasteiger partial charge is 0.481 e. The van der Waals surface area contributed by atoms with E-state index < -0.39 is 29.3 Å². The first-order chi connectivity index (χ1) is 11.5. The summed E-state index contributed by atoms with van der Waals surface area (Å²) in [5.41, 5.74) is -1.19. The van der Waals surface area contributed by atoms with E-state index in [4.69, 9.17) is 4.74 Å². The number of hydrogen-bond acceptors (Lipinski definition) is 5. The minimum atomic E-state index is -4.55. The van der Waals surface area contributed by atoms with Crippen LogP contribution in [0.2, 0.25) is 0 Å². The molecule has 6 nitrogen and oxygen atoms in total. The van der Waals surface area contributed by atoms with Crippen molar-refractivity contribution < 1.29 is 27.4 Å². The van der Waals surface area contributed by atoms with Gasteiger partial charge >= 0.3 is 12.3 Å². The molecule has 1 saturated heterocycles. The lowest BCUT2D eigenvalue weighted by molar-refractivity contribution is -0.139. The molecule has 1 aliphatic heterocycles. The molecule has 140 valence electrons. The second-order valence-corrected chi connectivity index (χ2v) is 6.83. The van der Waals surface area contributed by atoms with Crippen molar-refractivity contribution in [3.8, 4) is 5.88 Å². The number of halogens is 3. The summed E-state index contributed by atoms with van der Waals surface area (Å²) in [7, 11) is 1.15. The molecule has 1 amide bonds. The van der Waals surface area contributed by atoms with Crippen LogP contribution in [-0.4, -0.2) is 42.9 Å². The lowest BCUT2D eigenvalue weighted by Crippen LogP contribution is -2.40. The number of rotatable bonds is 3. The third kappa shape index (κ3) is 5.14. The fraction of sp³-hybridized carbons (Fsp3) is 0.625. The van der Waals surface area contributed by atoms with E-state index in [0.717, 1.165) is 13.2 Å². The molecule has 0 spiro atoms. The van der Waals surface area contributed by atoms with Crippen LogP contribution in [0.4, 0.5) is 23.7 Å². The van der Waals surface area contributed by atoms with Crippen molar-refractivity contribution in [2.45, 2.75) is 45.0 Å². The highest BCUT2D eigenvalue weighted by atomic mass is 19.4. The van der Waals surface area contributed by atoms with Crippen molar-refractivity contribution in [1.82, 2.24) is 10.3 Å². The number of methoxy groups -OCH3 is 1. The topological polar surface area (TPSA) is 63.7 Å². The first-order valence-electron chi connectivity index (χ1n) is 7.85. The number of pyridine rings is 1. The van der Waals surface area contributed by atoms with Gasteiger partial charge in [0, 0.05) is 13.1 Å². The highest BCUT2D eigenvalue weighted by molar-refractivity contribution is 5.68. The molecule has 1 atom stereocenters. The number of nitrogens with zero attached hydrogens (tertiary/aromatic N) is 2. The highest BCUT2D eigenvalue weighted by Gasteiger charge is 2.36. The molecule has 25 heavy (non-hydrogen) atoms. The minimum Gasteiger partial charge on any atom is -0.481 e. The number of alkyl carbamates (subject to hydrolysis) is 1. The summed E-state index contributed by atoms with van der Waals surface area (Å²) in [6.07, 6.45) is -3.15. The Kier molecular flexibility index (Phi) is 5.34. The van der Waals surface area contributed by atoms with Crippen LogP contribution >= 0.6 is 0 Å². The molecule has 1 fully saturated rings. The number of nitrogens with one attached hydrogen (secondary N) is 1. The summed E-state index contributed by atoms with van der Waals surface area (Å²) in [6.45, 7) is 6.16. The third-order valence-corrected chi connectivity index (χ3v) is 3.61. The van der Waals surface area contributed by atoms with Crippen molar-refractivity contribution in [3.05, 3.63) is 17.8 Å². The Balaban J connectivity index is 2.06. The molecule has 9 heteroatoms. The number of aromatic nitrogens is 1. The van der Waals surface area contributed by atoms with E-state index in [9.17, 15) is 18.0 Å². The molecule has 1 N–H and O–H groups in total. The maximum absolute atomic E-state index is 13.1. The van der Waals surface area contributed by atoms with E-state index in [2.05, 4.69) is 15.0 Å². The van der Waals surface area contributed by atoms with Crippen LogP contribution in [0.25, 0.3) is 0 Å². The predicted molar refractivity (Wildman–Crippen MR) is 85.8 cm³/mol. The molecule has 0 unspecified atom stereocenters. The van der Waals surface area contributed by atoms with Gasteiger partial charge in [0.05, 0.1) is 25.0 Å². The molecular weight excluding hydrogens is 339 g/mol. The zero-order chi connectivity index (χ0) is 18.8. The minimum absolute atomic E-state index is 0.203. The number of hydrogen-bond donors (Lipinski definition) is 1. The predicted octanol–water partition coefficient (Wildman–Crippen LogP) is 3.21. The van der Waals surface area contributed by atoms with Crippen LogP contribution in [0.15, 0.2) is 12.3 Å². The molecule has 0 saturated carbocycles. The van der Waals surface area contributed by atoms with Crippen LogP contribution in [0.1, 0.15) is 32.8 Å². The van der Waals surface area contributed by atoms with Crippen molar-refractivity contribution in [2.24, 2.45) is 0 Å². The summed E-state index contributed by atoms with van der Waals surface area (Å²) in [5.74, 6) is -0.459. The van der Waals surface area contributed by atoms with Crippen molar-refractivity contribution in [1.29, 1.82) is 0 Å². The van der Waals surface area contributed by atoms with Crippen molar-refractivity contribution in [3.63, 3.8) is 0 Å². The van der Waals surface area contributed by atoms with Crippen LogP contribution < -0.4 is 15.0 Å². The quantitative estimate of drug-likeness (QED) is 0.896. The summed E-state index contributed by atoms with van der Waals surface area (Å²) in [4.78, 5) is 17.3. The lowest BCUT2D eigenvalue weighted by Gasteiger charge is -2.23. The maximum Gasteiger partial charge on any atom is 0.421 e. The molecule has 1 aliphatic rings. The van der Waals surface area contributed by atoms with Gasteiger partial charge in [-0.3, -0.25) is 0 Å². The number of carbonyl (C=O) groups excluding carboxylic acids is 1. The number of anilines is 1. The molecule has 0 radical (unpaired) electrons. The molecule has 2 rings (SSSR count). The molecule has 0 aliphatic carbocycles. The smallest absolute Gasteiger partial charge is 0.421 e. The van der Waals surface area contributed by atoms with Crippen LogP contribution in [0.3, 0.4) is 0 Å². The molecule has 2 heterocycles. The van der Waals surface area contributed by atoms with Gasteiger partial charge in [0.15, 0.2) is 0 Å². The Bertz CT molecular complexity index is 629. The van der Waals surface area contributed by atoms with Gasteiger partial charge in [-0.05, 0) is 33.3 Å². The van der Waals surface area contributed by atoms with Gasteiger partial charge < -0.3 is 19.7 Å². The van der Waals surface area contributed by atoms with Crippen molar-refractivity contribution in [2.75, 3.05) is 25.1 Å². The van der Waals surface area contributed by atoms with Gasteiger partial charge in [0.25, 0.3) is 0 Å². The second kappa shape index (κ2) is 6.97. The van der Waals surface area contributed by atoms with Crippen LogP contribution in [-0.2, 0) is 10.9 Å². The first kappa shape index (κ1) is 19.1. The fourth-order valence-electron chi connectivity index (χ4n) is 2.57. The molecule has 1 aromatic rings. The zero-order valence-corrected chi connectivity index (χ0v) is 14.6. The van der Waals surface area contributed by atoms with E-state index in [-0.39, 0.29) is 6.04 Å². The summed E-state index contributed by atoms with van der Waals surface area (Å²) in [6, 6.07) is 0.813. The number of amides is 1. The second-order valence-electron chi connectivity index (χ2n) is 6.83. The fourth-order valence-corrected chi connectivity index (χ4v) is 2.57. The normalized spacial score (nSPS) is 18.2. The average molecular weight is 361 g/mol. The average Bonchev–Trinajstić information content (AvgIpc) is 2.92. The molecule has 0 aromatic carbocycles. The Morgan fingerprint density at radius 1 is 1.36 bits per heavy atom. The van der Waals surface area contributed by atoms with Gasteiger partial charge in [-0.25, -0.2) is 9.78 Å². The monoisotopic (exact) mass is 361 g/mol. The van der Waals surface area contributed by atoms with Crippen LogP contribution in [0.5, 0.6) is 5.88 Å². The Morgan fingerprint density at radius 3 is 2.60 bits per heavy atom. The van der Waals surface area contributed by atoms with Gasteiger partial charge in [0.2, 0.25) is 5.88 Å². The third-order valence-electron chi connectivity index (χ3n) is 3.61. The Morgan fingerprint density at radius 2 is 2.04 bits per heavy atom. The highest BCUT2D eigenvalue weighted by Crippen LogP contribution is 2.37. The zero-order valence-electron chi connectivity index (χ0n) is 14.6. The molecule has 1 aromatic heterocycles. The van der Waals surface area contributed by atoms with Gasteiger partial charge in [-0.15, -0.1) is 0 Å². The maximum atomic E-state index is 13.1. The van der Waals surface area contributed by atoms with Gasteiger partial charge in [-0.2, -0.15) is 13.2 Å². The standard InChI is InChI=1S/C16H22F3N3O3/c1-15(2,3)25-14(23)21-10-5-6-22(9-10)11-7-12(16(17,18)19)13(24-4)20-8-11/h7-8,10H,5-6,9H2,1-4H3,(H,21,23)/t10-/m1/s1. The molecular formula is C16H22F3N3O3. The van der Waals surface area contributed by atoms with Gasteiger partial charge in [-0.1, -0.05) is 0 Å². The lowest BCUT2D eigenvalue weighted by atomic mass is 10.2. The van der Waals surface area contributed by atoms with Crippen molar-refractivity contribution >= 4 is 11.8 Å². The Hall–Kier alpha value is -2.19. The SMILES string of the molecule is COc1ncc(N2CC[C@@H](NC(=O)OC(C)(C)C)C2)cc1C(F)(F)F. The Labute approximate surface area is 144 Å². The van der Waals surface area contributed by atoms with Gasteiger partial charge in [0.1, 0.15) is 11.2 Å². The summed E-state index contributed by atoms with van der Waals surface area (Å²) >= 11 is 0. The summed E-state index contributed by atoms with van der Waals surface area (Å²) < 4.78 is 49.2. The number of alkyl halides is 3. The van der Waals surface area contributed by atoms with E-state index in [1.165, 1.54) is 6.20 Å². The number of ether oxygens (including phenoxy) is 2. The van der Waals surface area contributed by atoms with E-state index in [1.54, 1.807) is 25.7 Å². The first-order valence-corrected chi connectivity index (χ1v) is 7.85. The summed E-state index contributed by atoms with van der Waals surface area (Å²) in [5, 5.41) is 2.73. The van der Waals surface area contributed by atoms with E-state index in [0.29, 0.717) is 25.2 Å². The van der Waals surface area contributed by atoms with Crippen LogP contribution in [0, 0.1) is 0 Å². The molecule has 0 bridgehead atoms. The van der Waals surface area contributed by atoms with E-state index >= 15 is 0 Å². The van der Waals surface area contributed by atoms with E-state index in [1.807, 2.05) is 0 Å². The number of carbonyl (C=O) groups is 1.